The molecule has 1 rings (SSSR count). The van der Waals surface area contributed by atoms with Gasteiger partial charge in [-0.3, -0.25) is 9.69 Å². The minimum Gasteiger partial charge on any atom is -0.379 e. The normalized spacial score (nSPS) is 18.7. The summed E-state index contributed by atoms with van der Waals surface area (Å²) >= 11 is 0. The van der Waals surface area contributed by atoms with Crippen molar-refractivity contribution in [2.24, 2.45) is 5.92 Å². The Balaban J connectivity index is 0. The van der Waals surface area contributed by atoms with E-state index in [0.29, 0.717) is 0 Å². The van der Waals surface area contributed by atoms with Crippen LogP contribution in [0.4, 0.5) is 0 Å². The Labute approximate surface area is 128 Å². The van der Waals surface area contributed by atoms with Gasteiger partial charge in [0.15, 0.2) is 0 Å². The molecule has 0 spiro atoms. The maximum Gasteiger partial charge on any atom is 0.224 e. The molecule has 2 unspecified atom stereocenters. The summed E-state index contributed by atoms with van der Waals surface area (Å²) in [5.74, 6) is 0.146. The Hall–Kier alpha value is -0.0700. The first-order chi connectivity index (χ1) is 8.13. The van der Waals surface area contributed by atoms with Gasteiger partial charge in [-0.25, -0.2) is 0 Å². The maximum atomic E-state index is 11.8. The molecule has 0 aromatic heterocycles. The average molecular weight is 316 g/mol. The molecule has 0 aromatic rings. The second-order valence-electron chi connectivity index (χ2n) is 4.78. The van der Waals surface area contributed by atoms with Crippen molar-refractivity contribution in [2.45, 2.75) is 19.9 Å². The van der Waals surface area contributed by atoms with E-state index in [-0.39, 0.29) is 42.7 Å². The number of rotatable bonds is 6. The third kappa shape index (κ3) is 8.65. The molecule has 7 heteroatoms. The Morgan fingerprint density at radius 2 is 1.84 bits per heavy atom. The predicted molar refractivity (Wildman–Crippen MR) is 82.5 cm³/mol. The molecule has 0 bridgehead atoms. The molecular formula is C12H27Cl2N3O2. The van der Waals surface area contributed by atoms with Crippen molar-refractivity contribution >= 4 is 30.7 Å². The monoisotopic (exact) mass is 315 g/mol. The number of nitrogens with one attached hydrogen (secondary N) is 2. The lowest BCUT2D eigenvalue weighted by Gasteiger charge is -2.29. The molecule has 1 aliphatic rings. The minimum atomic E-state index is 0. The van der Waals surface area contributed by atoms with Gasteiger partial charge in [0.2, 0.25) is 5.91 Å². The highest BCUT2D eigenvalue weighted by Crippen LogP contribution is 2.00. The van der Waals surface area contributed by atoms with Gasteiger partial charge in [0.25, 0.3) is 0 Å². The number of ether oxygens (including phenoxy) is 1. The molecule has 116 valence electrons. The molecule has 1 saturated heterocycles. The zero-order chi connectivity index (χ0) is 12.7. The third-order valence-corrected chi connectivity index (χ3v) is 2.98. The molecule has 1 amide bonds. The number of carbonyl (C=O) groups excluding carboxylic acids is 1. The van der Waals surface area contributed by atoms with Crippen LogP contribution in [0.3, 0.4) is 0 Å². The van der Waals surface area contributed by atoms with E-state index in [2.05, 4.69) is 22.5 Å². The van der Waals surface area contributed by atoms with Crippen molar-refractivity contribution < 1.29 is 9.53 Å². The summed E-state index contributed by atoms with van der Waals surface area (Å²) < 4.78 is 5.30. The lowest BCUT2D eigenvalue weighted by atomic mass is 10.1. The van der Waals surface area contributed by atoms with Crippen molar-refractivity contribution in [1.29, 1.82) is 0 Å². The fraction of sp³-hybridized carbons (Fsp3) is 0.917. The highest BCUT2D eigenvalue weighted by Gasteiger charge is 2.17. The van der Waals surface area contributed by atoms with Crippen LogP contribution in [-0.2, 0) is 9.53 Å². The molecule has 19 heavy (non-hydrogen) atoms. The largest absolute Gasteiger partial charge is 0.379 e. The van der Waals surface area contributed by atoms with E-state index in [0.717, 1.165) is 39.4 Å². The van der Waals surface area contributed by atoms with Gasteiger partial charge in [0.1, 0.15) is 0 Å². The van der Waals surface area contributed by atoms with Crippen LogP contribution in [0.1, 0.15) is 13.8 Å². The lowest BCUT2D eigenvalue weighted by Crippen LogP contribution is -2.47. The van der Waals surface area contributed by atoms with Gasteiger partial charge in [-0.1, -0.05) is 6.92 Å². The zero-order valence-electron chi connectivity index (χ0n) is 12.0. The number of hydrogen-bond donors (Lipinski definition) is 2. The van der Waals surface area contributed by atoms with Gasteiger partial charge in [-0.2, -0.15) is 0 Å². The molecule has 1 heterocycles. The highest BCUT2D eigenvalue weighted by atomic mass is 35.5. The van der Waals surface area contributed by atoms with Crippen LogP contribution in [0.2, 0.25) is 0 Å². The standard InChI is InChI=1S/C12H25N3O2.2ClH/c1-10(8-13-3)12(16)14-11(2)9-15-4-6-17-7-5-15;;/h10-11,13H,4-9H2,1-3H3,(H,14,16);2*1H. The summed E-state index contributed by atoms with van der Waals surface area (Å²) in [6, 6.07) is 0.194. The SMILES string of the molecule is CNCC(C)C(=O)NC(C)CN1CCOCC1.Cl.Cl. The first-order valence-electron chi connectivity index (χ1n) is 6.38. The average Bonchev–Trinajstić information content (AvgIpc) is 2.30. The smallest absolute Gasteiger partial charge is 0.224 e. The Bertz CT molecular complexity index is 239. The number of carbonyl (C=O) groups is 1. The van der Waals surface area contributed by atoms with Gasteiger partial charge in [-0.15, -0.1) is 24.8 Å². The number of amides is 1. The first-order valence-corrected chi connectivity index (χ1v) is 6.38. The Kier molecular flexibility index (Phi) is 13.1. The van der Waals surface area contributed by atoms with Crippen molar-refractivity contribution in [3.05, 3.63) is 0 Å². The fourth-order valence-electron chi connectivity index (χ4n) is 2.00. The molecule has 1 fully saturated rings. The van der Waals surface area contributed by atoms with Crippen LogP contribution < -0.4 is 10.6 Å². The van der Waals surface area contributed by atoms with E-state index in [4.69, 9.17) is 4.74 Å². The quantitative estimate of drug-likeness (QED) is 0.750. The van der Waals surface area contributed by atoms with E-state index < -0.39 is 0 Å². The molecular weight excluding hydrogens is 289 g/mol. The van der Waals surface area contributed by atoms with Crippen LogP contribution in [0.5, 0.6) is 0 Å². The first kappa shape index (κ1) is 21.2. The summed E-state index contributed by atoms with van der Waals surface area (Å²) in [5.41, 5.74) is 0. The van der Waals surface area contributed by atoms with Crippen LogP contribution >= 0.6 is 24.8 Å². The van der Waals surface area contributed by atoms with E-state index in [1.807, 2.05) is 14.0 Å². The lowest BCUT2D eigenvalue weighted by molar-refractivity contribution is -0.125. The number of morpholine rings is 1. The molecule has 0 saturated carbocycles. The van der Waals surface area contributed by atoms with Crippen molar-refractivity contribution in [3.63, 3.8) is 0 Å². The highest BCUT2D eigenvalue weighted by molar-refractivity contribution is 5.85. The van der Waals surface area contributed by atoms with Gasteiger partial charge in [0.05, 0.1) is 13.2 Å². The number of hydrogen-bond acceptors (Lipinski definition) is 4. The fourth-order valence-corrected chi connectivity index (χ4v) is 2.00. The van der Waals surface area contributed by atoms with Crippen LogP contribution in [0.15, 0.2) is 0 Å². The maximum absolute atomic E-state index is 11.8. The molecule has 2 N–H and O–H groups in total. The second-order valence-corrected chi connectivity index (χ2v) is 4.78. The predicted octanol–water partition coefficient (Wildman–Crippen LogP) is 0.522. The molecule has 0 aromatic carbocycles. The van der Waals surface area contributed by atoms with Crippen LogP contribution in [-0.4, -0.2) is 63.3 Å². The summed E-state index contributed by atoms with van der Waals surface area (Å²) in [6.45, 7) is 9.15. The van der Waals surface area contributed by atoms with Crippen molar-refractivity contribution in [2.75, 3.05) is 46.4 Å². The topological polar surface area (TPSA) is 53.6 Å². The van der Waals surface area contributed by atoms with Gasteiger partial charge >= 0.3 is 0 Å². The van der Waals surface area contributed by atoms with E-state index >= 15 is 0 Å². The Morgan fingerprint density at radius 3 is 2.37 bits per heavy atom. The molecule has 2 atom stereocenters. The molecule has 0 radical (unpaired) electrons. The van der Waals surface area contributed by atoms with E-state index in [1.54, 1.807) is 0 Å². The van der Waals surface area contributed by atoms with Gasteiger partial charge < -0.3 is 15.4 Å². The van der Waals surface area contributed by atoms with E-state index in [9.17, 15) is 4.79 Å². The number of halogens is 2. The van der Waals surface area contributed by atoms with E-state index in [1.165, 1.54) is 0 Å². The molecule has 0 aliphatic carbocycles. The zero-order valence-corrected chi connectivity index (χ0v) is 13.6. The second kappa shape index (κ2) is 11.7. The summed E-state index contributed by atoms with van der Waals surface area (Å²) in [6.07, 6.45) is 0. The molecule has 1 aliphatic heterocycles. The van der Waals surface area contributed by atoms with Crippen LogP contribution in [0, 0.1) is 5.92 Å². The Morgan fingerprint density at radius 1 is 1.26 bits per heavy atom. The number of nitrogens with zero attached hydrogens (tertiary/aromatic N) is 1. The van der Waals surface area contributed by atoms with Gasteiger partial charge in [-0.05, 0) is 14.0 Å². The van der Waals surface area contributed by atoms with Crippen LogP contribution in [0.25, 0.3) is 0 Å². The van der Waals surface area contributed by atoms with Gasteiger partial charge in [0, 0.05) is 38.1 Å². The molecule has 5 nitrogen and oxygen atoms in total. The summed E-state index contributed by atoms with van der Waals surface area (Å²) in [7, 11) is 1.86. The minimum absolute atomic E-state index is 0. The summed E-state index contributed by atoms with van der Waals surface area (Å²) in [5, 5.41) is 6.07. The van der Waals surface area contributed by atoms with Crippen molar-refractivity contribution in [1.82, 2.24) is 15.5 Å². The summed E-state index contributed by atoms with van der Waals surface area (Å²) in [4.78, 5) is 14.1. The van der Waals surface area contributed by atoms with Crippen molar-refractivity contribution in [3.8, 4) is 0 Å². The third-order valence-electron chi connectivity index (χ3n) is 2.98.